The maximum Gasteiger partial charge on any atom is 0.250 e. The monoisotopic (exact) mass is 372 g/mol. The number of carbonyl (C=O) groups is 1. The zero-order valence-corrected chi connectivity index (χ0v) is 14.2. The number of nitrogens with one attached hydrogen (secondary N) is 1. The van der Waals surface area contributed by atoms with Gasteiger partial charge in [-0.15, -0.1) is 0 Å². The summed E-state index contributed by atoms with van der Waals surface area (Å²) in [4.78, 5) is 16.4. The van der Waals surface area contributed by atoms with E-state index < -0.39 is 0 Å². The second-order valence-electron chi connectivity index (χ2n) is 4.87. The van der Waals surface area contributed by atoms with Gasteiger partial charge in [-0.2, -0.15) is 0 Å². The van der Waals surface area contributed by atoms with E-state index in [1.807, 2.05) is 43.3 Å². The fourth-order valence-corrected chi connectivity index (χ4v) is 3.40. The molecular formula is C17H13BrN2OS. The Balaban J connectivity index is 1.72. The standard InChI is InChI=1S/C17H13BrN2OS/c1-11-5-7-14-15(9-11)22-17(19-14)20-16(21)8-6-12-3-2-4-13(18)10-12/h2-10H,1H3,(H,19,20,21)/b8-6+. The molecule has 0 fully saturated rings. The van der Waals surface area contributed by atoms with Gasteiger partial charge in [0.1, 0.15) is 0 Å². The summed E-state index contributed by atoms with van der Waals surface area (Å²) >= 11 is 4.89. The SMILES string of the molecule is Cc1ccc2nc(NC(=O)/C=C/c3cccc(Br)c3)sc2c1. The highest BCUT2D eigenvalue weighted by atomic mass is 79.9. The quantitative estimate of drug-likeness (QED) is 0.655. The normalized spacial score (nSPS) is 11.2. The predicted molar refractivity (Wildman–Crippen MR) is 96.2 cm³/mol. The van der Waals surface area contributed by atoms with Gasteiger partial charge < -0.3 is 0 Å². The average Bonchev–Trinajstić information content (AvgIpc) is 2.86. The molecule has 0 atom stereocenters. The molecular weight excluding hydrogens is 360 g/mol. The molecule has 0 aliphatic carbocycles. The Morgan fingerprint density at radius 1 is 1.27 bits per heavy atom. The maximum atomic E-state index is 12.0. The fraction of sp³-hybridized carbons (Fsp3) is 0.0588. The van der Waals surface area contributed by atoms with Crippen molar-refractivity contribution in [3.63, 3.8) is 0 Å². The van der Waals surface area contributed by atoms with Crippen molar-refractivity contribution in [2.24, 2.45) is 0 Å². The van der Waals surface area contributed by atoms with Gasteiger partial charge in [0.25, 0.3) is 0 Å². The van der Waals surface area contributed by atoms with E-state index in [0.717, 1.165) is 20.3 Å². The number of nitrogens with zero attached hydrogens (tertiary/aromatic N) is 1. The smallest absolute Gasteiger partial charge is 0.250 e. The van der Waals surface area contributed by atoms with Crippen LogP contribution in [0.15, 0.2) is 53.0 Å². The second-order valence-corrected chi connectivity index (χ2v) is 6.81. The number of aromatic nitrogens is 1. The summed E-state index contributed by atoms with van der Waals surface area (Å²) in [5, 5.41) is 3.42. The third-order valence-corrected chi connectivity index (χ3v) is 4.48. The Morgan fingerprint density at radius 3 is 2.95 bits per heavy atom. The summed E-state index contributed by atoms with van der Waals surface area (Å²) in [6.45, 7) is 2.04. The lowest BCUT2D eigenvalue weighted by atomic mass is 10.2. The molecule has 1 N–H and O–H groups in total. The second kappa shape index (κ2) is 6.42. The number of hydrogen-bond acceptors (Lipinski definition) is 3. The van der Waals surface area contributed by atoms with Crippen molar-refractivity contribution in [2.45, 2.75) is 6.92 Å². The van der Waals surface area contributed by atoms with Gasteiger partial charge in [0.05, 0.1) is 10.2 Å². The van der Waals surface area contributed by atoms with E-state index in [1.165, 1.54) is 23.0 Å². The molecule has 3 aromatic rings. The fourth-order valence-electron chi connectivity index (χ4n) is 2.01. The Kier molecular flexibility index (Phi) is 4.36. The molecule has 1 heterocycles. The summed E-state index contributed by atoms with van der Waals surface area (Å²) < 4.78 is 2.06. The zero-order chi connectivity index (χ0) is 15.5. The number of carbonyl (C=O) groups excluding carboxylic acids is 1. The van der Waals surface area contributed by atoms with Gasteiger partial charge in [-0.3, -0.25) is 10.1 Å². The number of hydrogen-bond donors (Lipinski definition) is 1. The first-order valence-corrected chi connectivity index (χ1v) is 8.33. The van der Waals surface area contributed by atoms with Crippen LogP contribution in [0.2, 0.25) is 0 Å². The highest BCUT2D eigenvalue weighted by Crippen LogP contribution is 2.26. The molecule has 0 bridgehead atoms. The highest BCUT2D eigenvalue weighted by molar-refractivity contribution is 9.10. The van der Waals surface area contributed by atoms with Gasteiger partial charge in [-0.05, 0) is 48.4 Å². The highest BCUT2D eigenvalue weighted by Gasteiger charge is 2.05. The number of halogens is 1. The van der Waals surface area contributed by atoms with Gasteiger partial charge in [-0.1, -0.05) is 45.5 Å². The van der Waals surface area contributed by atoms with Crippen LogP contribution in [0.25, 0.3) is 16.3 Å². The van der Waals surface area contributed by atoms with Gasteiger partial charge in [0.2, 0.25) is 5.91 Å². The number of fused-ring (bicyclic) bond motifs is 1. The van der Waals surface area contributed by atoms with Crippen LogP contribution in [0, 0.1) is 6.92 Å². The van der Waals surface area contributed by atoms with E-state index in [4.69, 9.17) is 0 Å². The van der Waals surface area contributed by atoms with Crippen LogP contribution in [0.1, 0.15) is 11.1 Å². The topological polar surface area (TPSA) is 42.0 Å². The van der Waals surface area contributed by atoms with Crippen LogP contribution in [0.3, 0.4) is 0 Å². The molecule has 1 aromatic heterocycles. The number of anilines is 1. The first-order chi connectivity index (χ1) is 10.6. The Hall–Kier alpha value is -1.98. The largest absolute Gasteiger partial charge is 0.298 e. The molecule has 22 heavy (non-hydrogen) atoms. The predicted octanol–water partition coefficient (Wildman–Crippen LogP) is 5.02. The molecule has 0 aliphatic rings. The lowest BCUT2D eigenvalue weighted by Crippen LogP contribution is -2.07. The maximum absolute atomic E-state index is 12.0. The van der Waals surface area contributed by atoms with Crippen molar-refractivity contribution in [2.75, 3.05) is 5.32 Å². The molecule has 1 amide bonds. The number of rotatable bonds is 3. The van der Waals surface area contributed by atoms with Crippen LogP contribution in [-0.4, -0.2) is 10.9 Å². The van der Waals surface area contributed by atoms with Crippen molar-refractivity contribution >= 4 is 54.6 Å². The molecule has 3 nitrogen and oxygen atoms in total. The minimum Gasteiger partial charge on any atom is -0.298 e. The molecule has 3 rings (SSSR count). The minimum absolute atomic E-state index is 0.184. The van der Waals surface area contributed by atoms with Crippen molar-refractivity contribution in [1.82, 2.24) is 4.98 Å². The summed E-state index contributed by atoms with van der Waals surface area (Å²) in [6.07, 6.45) is 3.29. The van der Waals surface area contributed by atoms with Crippen LogP contribution >= 0.6 is 27.3 Å². The zero-order valence-electron chi connectivity index (χ0n) is 11.8. The van der Waals surface area contributed by atoms with E-state index in [1.54, 1.807) is 6.08 Å². The lowest BCUT2D eigenvalue weighted by Gasteiger charge is -1.96. The van der Waals surface area contributed by atoms with Crippen molar-refractivity contribution in [1.29, 1.82) is 0 Å². The van der Waals surface area contributed by atoms with Crippen LogP contribution < -0.4 is 5.32 Å². The van der Waals surface area contributed by atoms with Crippen LogP contribution in [-0.2, 0) is 4.79 Å². The van der Waals surface area contributed by atoms with Crippen molar-refractivity contribution < 1.29 is 4.79 Å². The number of amides is 1. The molecule has 0 aliphatic heterocycles. The van der Waals surface area contributed by atoms with Crippen molar-refractivity contribution in [3.8, 4) is 0 Å². The summed E-state index contributed by atoms with van der Waals surface area (Å²) in [5.41, 5.74) is 3.05. The number of aryl methyl sites for hydroxylation is 1. The van der Waals surface area contributed by atoms with E-state index in [9.17, 15) is 4.79 Å². The van der Waals surface area contributed by atoms with Crippen molar-refractivity contribution in [3.05, 3.63) is 64.1 Å². The van der Waals surface area contributed by atoms with Crippen LogP contribution in [0.4, 0.5) is 5.13 Å². The Labute approximate surface area is 140 Å². The molecule has 5 heteroatoms. The van der Waals surface area contributed by atoms with E-state index in [-0.39, 0.29) is 5.91 Å². The third-order valence-electron chi connectivity index (χ3n) is 3.05. The van der Waals surface area contributed by atoms with Crippen LogP contribution in [0.5, 0.6) is 0 Å². The average molecular weight is 373 g/mol. The molecule has 0 saturated heterocycles. The molecule has 0 saturated carbocycles. The third kappa shape index (κ3) is 3.61. The summed E-state index contributed by atoms with van der Waals surface area (Å²) in [5.74, 6) is -0.184. The first kappa shape index (κ1) is 14.9. The van der Waals surface area contributed by atoms with Gasteiger partial charge in [-0.25, -0.2) is 4.98 Å². The number of benzene rings is 2. The van der Waals surface area contributed by atoms with Gasteiger partial charge >= 0.3 is 0 Å². The molecule has 0 spiro atoms. The molecule has 0 unspecified atom stereocenters. The molecule has 2 aromatic carbocycles. The minimum atomic E-state index is -0.184. The number of thiazole rings is 1. The Bertz CT molecular complexity index is 870. The lowest BCUT2D eigenvalue weighted by molar-refractivity contribution is -0.111. The summed E-state index contributed by atoms with van der Waals surface area (Å²) in [7, 11) is 0. The first-order valence-electron chi connectivity index (χ1n) is 6.72. The molecule has 110 valence electrons. The Morgan fingerprint density at radius 2 is 2.14 bits per heavy atom. The van der Waals surface area contributed by atoms with E-state index in [0.29, 0.717) is 5.13 Å². The van der Waals surface area contributed by atoms with E-state index >= 15 is 0 Å². The van der Waals surface area contributed by atoms with E-state index in [2.05, 4.69) is 32.3 Å². The summed E-state index contributed by atoms with van der Waals surface area (Å²) in [6, 6.07) is 13.8. The molecule has 0 radical (unpaired) electrons. The van der Waals surface area contributed by atoms with Gasteiger partial charge in [0.15, 0.2) is 5.13 Å². The van der Waals surface area contributed by atoms with Gasteiger partial charge in [0, 0.05) is 10.5 Å².